The van der Waals surface area contributed by atoms with Gasteiger partial charge in [0.1, 0.15) is 0 Å². The fourth-order valence-electron chi connectivity index (χ4n) is 0. The molecule has 5 N–H and O–H groups in total. The summed E-state index contributed by atoms with van der Waals surface area (Å²) in [5, 5.41) is 8.52. The van der Waals surface area contributed by atoms with Gasteiger partial charge in [0.05, 0.1) is 5.60 Å². The maximum Gasteiger partial charge on any atom is 0.668 e. The van der Waals surface area contributed by atoms with Crippen LogP contribution in [0.3, 0.4) is 0 Å². The molecule has 0 aromatic rings. The molecule has 64 valence electrons. The summed E-state index contributed by atoms with van der Waals surface area (Å²) in [5.74, 6) is 0. The molecule has 0 amide bonds. The van der Waals surface area contributed by atoms with Crippen LogP contribution in [-0.2, 0) is 0 Å². The van der Waals surface area contributed by atoms with Gasteiger partial charge < -0.3 is 24.3 Å². The Hall–Kier alpha value is 0.0169. The first-order chi connectivity index (χ1) is 4.00. The fourth-order valence-corrected chi connectivity index (χ4v) is 0. The lowest BCUT2D eigenvalue weighted by Crippen LogP contribution is -2.33. The van der Waals surface area contributed by atoms with Crippen LogP contribution in [-0.4, -0.2) is 38.9 Å². The minimum Gasteiger partial charge on any atom is -0.391 e. The van der Waals surface area contributed by atoms with Crippen molar-refractivity contribution in [3.63, 3.8) is 0 Å². The highest BCUT2D eigenvalue weighted by atomic mass is 28.4. The van der Waals surface area contributed by atoms with Crippen LogP contribution >= 0.6 is 0 Å². The third-order valence-electron chi connectivity index (χ3n) is 0. The molecule has 0 saturated carbocycles. The van der Waals surface area contributed by atoms with Crippen molar-refractivity contribution in [1.82, 2.24) is 0 Å². The Morgan fingerprint density at radius 2 is 0.900 bits per heavy atom. The Morgan fingerprint density at radius 3 is 0.900 bits per heavy atom. The van der Waals surface area contributed by atoms with E-state index >= 15 is 0 Å². The Bertz CT molecular complexity index is 56.6. The largest absolute Gasteiger partial charge is 0.668 e. The number of aliphatic hydroxyl groups is 1. The van der Waals surface area contributed by atoms with Crippen molar-refractivity contribution in [3.8, 4) is 0 Å². The second-order valence-corrected chi connectivity index (χ2v) is 3.97. The molecule has 0 aromatic carbocycles. The van der Waals surface area contributed by atoms with Gasteiger partial charge in [0.15, 0.2) is 0 Å². The Balaban J connectivity index is 0. The van der Waals surface area contributed by atoms with E-state index in [1.165, 1.54) is 0 Å². The Labute approximate surface area is 60.7 Å². The number of hydrogen-bond acceptors (Lipinski definition) is 5. The van der Waals surface area contributed by atoms with Crippen LogP contribution in [0.2, 0.25) is 0 Å². The van der Waals surface area contributed by atoms with Crippen molar-refractivity contribution >= 4 is 9.05 Å². The van der Waals surface area contributed by atoms with Gasteiger partial charge in [0.2, 0.25) is 0 Å². The van der Waals surface area contributed by atoms with Crippen LogP contribution in [0.15, 0.2) is 0 Å². The van der Waals surface area contributed by atoms with Crippen LogP contribution in [0.1, 0.15) is 20.8 Å². The lowest BCUT2D eigenvalue weighted by molar-refractivity contribution is 0.101. The third-order valence-corrected chi connectivity index (χ3v) is 0. The van der Waals surface area contributed by atoms with Crippen LogP contribution in [0.25, 0.3) is 0 Å². The molecule has 10 heavy (non-hydrogen) atoms. The first-order valence-electron chi connectivity index (χ1n) is 2.62. The first-order valence-corrected chi connectivity index (χ1v) is 4.41. The topological polar surface area (TPSA) is 101 Å². The maximum absolute atomic E-state index is 8.52. The molecule has 0 unspecified atom stereocenters. The summed E-state index contributed by atoms with van der Waals surface area (Å²) in [6, 6.07) is 0. The maximum atomic E-state index is 8.52. The quantitative estimate of drug-likeness (QED) is 0.275. The van der Waals surface area contributed by atoms with E-state index < -0.39 is 14.6 Å². The third kappa shape index (κ3) is 1380000. The van der Waals surface area contributed by atoms with Gasteiger partial charge in [0.25, 0.3) is 0 Å². The summed E-state index contributed by atoms with van der Waals surface area (Å²) in [6.07, 6.45) is 0. The number of rotatable bonds is 0. The average Bonchev–Trinajstić information content (AvgIpc) is 1.12. The minimum atomic E-state index is -4.61. The van der Waals surface area contributed by atoms with Crippen molar-refractivity contribution in [2.45, 2.75) is 26.4 Å². The molecule has 0 aliphatic rings. The van der Waals surface area contributed by atoms with E-state index in [0.29, 0.717) is 0 Å². The van der Waals surface area contributed by atoms with E-state index in [1.54, 1.807) is 20.8 Å². The standard InChI is InChI=1S/C4H10O.H4O4Si/c1-4(2,3)5;1-5(2,3)4/h5H,1-3H3;1-4H. The molecule has 0 radical (unpaired) electrons. The highest BCUT2D eigenvalue weighted by molar-refractivity contribution is 6.46. The average molecular weight is 170 g/mol. The zero-order valence-electron chi connectivity index (χ0n) is 6.24. The Morgan fingerprint density at radius 1 is 0.900 bits per heavy atom. The monoisotopic (exact) mass is 170 g/mol. The normalized spacial score (nSPS) is 12.0. The molecule has 0 aromatic heterocycles. The van der Waals surface area contributed by atoms with Crippen molar-refractivity contribution in [1.29, 1.82) is 0 Å². The summed E-state index contributed by atoms with van der Waals surface area (Å²) in [6.45, 7) is 5.23. The number of hydrogen-bond donors (Lipinski definition) is 5. The zero-order valence-corrected chi connectivity index (χ0v) is 7.24. The van der Waals surface area contributed by atoms with E-state index in [0.717, 1.165) is 0 Å². The molecule has 0 aliphatic heterocycles. The molecule has 0 spiro atoms. The van der Waals surface area contributed by atoms with Crippen molar-refractivity contribution in [3.05, 3.63) is 0 Å². The molecule has 0 heterocycles. The second-order valence-electron chi connectivity index (χ2n) is 2.77. The summed E-state index contributed by atoms with van der Waals surface area (Å²) in [5.41, 5.74) is -0.500. The van der Waals surface area contributed by atoms with E-state index in [1.807, 2.05) is 0 Å². The smallest absolute Gasteiger partial charge is 0.391 e. The lowest BCUT2D eigenvalue weighted by Gasteiger charge is -2.04. The van der Waals surface area contributed by atoms with Crippen LogP contribution in [0.5, 0.6) is 0 Å². The van der Waals surface area contributed by atoms with Gasteiger partial charge in [0, 0.05) is 0 Å². The van der Waals surface area contributed by atoms with Crippen molar-refractivity contribution in [2.75, 3.05) is 0 Å². The minimum absolute atomic E-state index is 0.500. The molecular weight excluding hydrogens is 156 g/mol. The predicted octanol–water partition coefficient (Wildman–Crippen LogP) is -1.83. The van der Waals surface area contributed by atoms with Crippen LogP contribution in [0, 0.1) is 0 Å². The summed E-state index contributed by atoms with van der Waals surface area (Å²) < 4.78 is 0. The van der Waals surface area contributed by atoms with Crippen molar-refractivity contribution < 1.29 is 24.3 Å². The van der Waals surface area contributed by atoms with Gasteiger partial charge in [-0.05, 0) is 20.8 Å². The molecule has 0 rings (SSSR count). The van der Waals surface area contributed by atoms with Gasteiger partial charge in [-0.1, -0.05) is 0 Å². The molecule has 6 heteroatoms. The van der Waals surface area contributed by atoms with Gasteiger partial charge in [-0.2, -0.15) is 0 Å². The summed E-state index contributed by atoms with van der Waals surface area (Å²) in [4.78, 5) is 29.3. The van der Waals surface area contributed by atoms with Gasteiger partial charge in [-0.3, -0.25) is 0 Å². The SMILES string of the molecule is CC(C)(C)O.O[Si](O)(O)O. The van der Waals surface area contributed by atoms with E-state index in [2.05, 4.69) is 0 Å². The van der Waals surface area contributed by atoms with E-state index in [4.69, 9.17) is 24.3 Å². The lowest BCUT2D eigenvalue weighted by atomic mass is 10.2. The van der Waals surface area contributed by atoms with Gasteiger partial charge in [-0.15, -0.1) is 0 Å². The Kier molecular flexibility index (Phi) is 5.09. The highest BCUT2D eigenvalue weighted by Gasteiger charge is 2.22. The van der Waals surface area contributed by atoms with Gasteiger partial charge in [-0.25, -0.2) is 0 Å². The molecule has 5 nitrogen and oxygen atoms in total. The second kappa shape index (κ2) is 4.01. The molecular formula is C4H14O5Si. The summed E-state index contributed by atoms with van der Waals surface area (Å²) in [7, 11) is -4.61. The first kappa shape index (κ1) is 12.7. The van der Waals surface area contributed by atoms with Crippen molar-refractivity contribution in [2.24, 2.45) is 0 Å². The predicted molar refractivity (Wildman–Crippen MR) is 36.6 cm³/mol. The van der Waals surface area contributed by atoms with Gasteiger partial charge >= 0.3 is 9.05 Å². The molecule has 0 aliphatic carbocycles. The van der Waals surface area contributed by atoms with Crippen LogP contribution in [0.4, 0.5) is 0 Å². The molecule has 0 atom stereocenters. The van der Waals surface area contributed by atoms with Crippen LogP contribution < -0.4 is 0 Å². The zero-order chi connectivity index (χ0) is 9.00. The van der Waals surface area contributed by atoms with E-state index in [9.17, 15) is 0 Å². The molecule has 0 bridgehead atoms. The molecule has 0 saturated heterocycles. The highest BCUT2D eigenvalue weighted by Crippen LogP contribution is 1.93. The van der Waals surface area contributed by atoms with E-state index in [-0.39, 0.29) is 0 Å². The fraction of sp³-hybridized carbons (Fsp3) is 1.00. The molecule has 0 fully saturated rings. The summed E-state index contributed by atoms with van der Waals surface area (Å²) >= 11 is 0.